The molecule has 3 rings (SSSR count). The van der Waals surface area contributed by atoms with Gasteiger partial charge in [0.15, 0.2) is 0 Å². The summed E-state index contributed by atoms with van der Waals surface area (Å²) in [5, 5.41) is 6.81. The lowest BCUT2D eigenvalue weighted by Gasteiger charge is -2.38. The van der Waals surface area contributed by atoms with E-state index in [-0.39, 0.29) is 24.0 Å². The van der Waals surface area contributed by atoms with Crippen LogP contribution < -0.4 is 21.1 Å². The number of anilines is 1. The van der Waals surface area contributed by atoms with Crippen LogP contribution in [0.4, 0.5) is 5.69 Å². The van der Waals surface area contributed by atoms with Gasteiger partial charge >= 0.3 is 5.97 Å². The number of nitrogen functional groups attached to an aromatic ring is 1. The molecule has 2 aromatic rings. The standard InChI is InChI=1S/C26H35ClN4O5/c1-4-36-26(33)18-7-5-17(6-8-18)15-29-10-12-31-11-9-22(24(16-31)35-3)30-25(32)19-13-20(27)21(28)14-23(19)34-2/h5-8,13-14,22,24,29H,4,9-12,15-16,28H2,1-3H3,(H,30,32)/t22-,24+/m1/s1. The molecule has 1 amide bonds. The van der Waals surface area contributed by atoms with E-state index in [0.717, 1.165) is 31.6 Å². The normalized spacial score (nSPS) is 18.0. The van der Waals surface area contributed by atoms with Crippen molar-refractivity contribution in [2.24, 2.45) is 0 Å². The molecule has 4 N–H and O–H groups in total. The topological polar surface area (TPSA) is 115 Å². The number of methoxy groups -OCH3 is 2. The molecule has 1 heterocycles. The summed E-state index contributed by atoms with van der Waals surface area (Å²) in [7, 11) is 3.15. The number of nitrogens with zero attached hydrogens (tertiary/aromatic N) is 1. The lowest BCUT2D eigenvalue weighted by atomic mass is 10.0. The predicted molar refractivity (Wildman–Crippen MR) is 140 cm³/mol. The van der Waals surface area contributed by atoms with Gasteiger partial charge in [0.2, 0.25) is 0 Å². The number of esters is 1. The van der Waals surface area contributed by atoms with Crippen molar-refractivity contribution in [2.75, 3.05) is 52.7 Å². The Bertz CT molecular complexity index is 1030. The molecule has 2 aromatic carbocycles. The van der Waals surface area contributed by atoms with Crippen LogP contribution in [0.5, 0.6) is 5.75 Å². The zero-order valence-electron chi connectivity index (χ0n) is 21.0. The van der Waals surface area contributed by atoms with Crippen molar-refractivity contribution in [2.45, 2.75) is 32.0 Å². The fraction of sp³-hybridized carbons (Fsp3) is 0.462. The van der Waals surface area contributed by atoms with Crippen LogP contribution >= 0.6 is 11.6 Å². The first-order valence-electron chi connectivity index (χ1n) is 12.0. The van der Waals surface area contributed by atoms with E-state index in [1.165, 1.54) is 13.2 Å². The van der Waals surface area contributed by atoms with Gasteiger partial charge in [0.1, 0.15) is 5.75 Å². The number of hydrogen-bond acceptors (Lipinski definition) is 8. The number of ether oxygens (including phenoxy) is 3. The zero-order chi connectivity index (χ0) is 26.1. The minimum Gasteiger partial charge on any atom is -0.496 e. The van der Waals surface area contributed by atoms with E-state index in [4.69, 9.17) is 31.5 Å². The van der Waals surface area contributed by atoms with Gasteiger partial charge in [-0.15, -0.1) is 0 Å². The average Bonchev–Trinajstić information content (AvgIpc) is 2.89. The van der Waals surface area contributed by atoms with E-state index in [1.54, 1.807) is 32.2 Å². The lowest BCUT2D eigenvalue weighted by Crippen LogP contribution is -2.55. The SMILES string of the molecule is CCOC(=O)c1ccc(CNCCN2CC[C@@H](NC(=O)c3cc(Cl)c(N)cc3OC)[C@@H](OC)C2)cc1. The minimum atomic E-state index is -0.305. The van der Waals surface area contributed by atoms with Gasteiger partial charge in [-0.1, -0.05) is 23.7 Å². The Morgan fingerprint density at radius 2 is 1.94 bits per heavy atom. The third kappa shape index (κ3) is 7.33. The molecule has 0 aliphatic carbocycles. The fourth-order valence-corrected chi connectivity index (χ4v) is 4.36. The van der Waals surface area contributed by atoms with Crippen LogP contribution in [0.15, 0.2) is 36.4 Å². The van der Waals surface area contributed by atoms with Crippen LogP contribution in [0, 0.1) is 0 Å². The molecule has 1 aliphatic rings. The molecular formula is C26H35ClN4O5. The Balaban J connectivity index is 1.45. The fourth-order valence-electron chi connectivity index (χ4n) is 4.19. The largest absolute Gasteiger partial charge is 0.496 e. The molecule has 196 valence electrons. The van der Waals surface area contributed by atoms with Crippen LogP contribution in [0.2, 0.25) is 5.02 Å². The maximum absolute atomic E-state index is 12.9. The molecule has 0 radical (unpaired) electrons. The Labute approximate surface area is 217 Å². The number of nitrogens with two attached hydrogens (primary N) is 1. The van der Waals surface area contributed by atoms with Crippen molar-refractivity contribution in [1.82, 2.24) is 15.5 Å². The number of hydrogen-bond donors (Lipinski definition) is 3. The van der Waals surface area contributed by atoms with Crippen molar-refractivity contribution in [1.29, 1.82) is 0 Å². The molecular weight excluding hydrogens is 484 g/mol. The number of halogens is 1. The molecule has 0 aromatic heterocycles. The number of rotatable bonds is 11. The Morgan fingerprint density at radius 3 is 2.61 bits per heavy atom. The van der Waals surface area contributed by atoms with Crippen LogP contribution in [0.3, 0.4) is 0 Å². The maximum Gasteiger partial charge on any atom is 0.338 e. The average molecular weight is 519 g/mol. The summed E-state index contributed by atoms with van der Waals surface area (Å²) < 4.78 is 16.0. The van der Waals surface area contributed by atoms with E-state index < -0.39 is 0 Å². The summed E-state index contributed by atoms with van der Waals surface area (Å²) in [6.45, 7) is 6.05. The van der Waals surface area contributed by atoms with Gasteiger partial charge in [0.25, 0.3) is 5.91 Å². The van der Waals surface area contributed by atoms with E-state index in [2.05, 4.69) is 15.5 Å². The summed E-state index contributed by atoms with van der Waals surface area (Å²) in [4.78, 5) is 27.0. The van der Waals surface area contributed by atoms with E-state index in [0.29, 0.717) is 47.3 Å². The molecule has 0 spiro atoms. The highest BCUT2D eigenvalue weighted by atomic mass is 35.5. The summed E-state index contributed by atoms with van der Waals surface area (Å²) in [5.41, 5.74) is 8.17. The number of likely N-dealkylation sites (tertiary alicyclic amines) is 1. The Hall–Kier alpha value is -2.85. The monoisotopic (exact) mass is 518 g/mol. The molecule has 0 unspecified atom stereocenters. The molecule has 1 aliphatic heterocycles. The van der Waals surface area contributed by atoms with Gasteiger partial charge in [-0.05, 0) is 37.1 Å². The molecule has 36 heavy (non-hydrogen) atoms. The summed E-state index contributed by atoms with van der Waals surface area (Å²) in [6, 6.07) is 10.4. The zero-order valence-corrected chi connectivity index (χ0v) is 21.8. The first-order valence-corrected chi connectivity index (χ1v) is 12.4. The number of piperidine rings is 1. The highest BCUT2D eigenvalue weighted by Gasteiger charge is 2.31. The van der Waals surface area contributed by atoms with Crippen LogP contribution in [0.1, 0.15) is 39.6 Å². The second-order valence-corrected chi connectivity index (χ2v) is 9.02. The number of nitrogens with one attached hydrogen (secondary N) is 2. The summed E-state index contributed by atoms with van der Waals surface area (Å²) in [5.74, 6) is -0.201. The highest BCUT2D eigenvalue weighted by molar-refractivity contribution is 6.33. The minimum absolute atomic E-state index is 0.134. The first kappa shape index (κ1) is 27.7. The van der Waals surface area contributed by atoms with Crippen LogP contribution in [-0.2, 0) is 16.0 Å². The second kappa shape index (κ2) is 13.5. The molecule has 0 saturated carbocycles. The summed E-state index contributed by atoms with van der Waals surface area (Å²) >= 11 is 6.12. The first-order chi connectivity index (χ1) is 17.4. The smallest absolute Gasteiger partial charge is 0.338 e. The number of carbonyl (C=O) groups is 2. The van der Waals surface area contributed by atoms with Gasteiger partial charge in [0.05, 0.1) is 47.7 Å². The quantitative estimate of drug-likeness (QED) is 0.236. The highest BCUT2D eigenvalue weighted by Crippen LogP contribution is 2.29. The Kier molecular flexibility index (Phi) is 10.4. The van der Waals surface area contributed by atoms with Crippen LogP contribution in [-0.4, -0.2) is 75.9 Å². The van der Waals surface area contributed by atoms with Gasteiger partial charge in [-0.25, -0.2) is 4.79 Å². The van der Waals surface area contributed by atoms with E-state index in [1.807, 2.05) is 12.1 Å². The lowest BCUT2D eigenvalue weighted by molar-refractivity contribution is 0.00677. The van der Waals surface area contributed by atoms with Crippen molar-refractivity contribution in [3.8, 4) is 5.75 Å². The Morgan fingerprint density at radius 1 is 1.19 bits per heavy atom. The van der Waals surface area contributed by atoms with Crippen molar-refractivity contribution < 1.29 is 23.8 Å². The molecule has 1 fully saturated rings. The molecule has 0 bridgehead atoms. The van der Waals surface area contributed by atoms with Gasteiger partial charge in [0, 0.05) is 45.9 Å². The van der Waals surface area contributed by atoms with Gasteiger partial charge in [-0.3, -0.25) is 9.69 Å². The number of carbonyl (C=O) groups excluding carboxylic acids is 2. The van der Waals surface area contributed by atoms with Gasteiger partial charge < -0.3 is 30.6 Å². The van der Waals surface area contributed by atoms with Crippen LogP contribution in [0.25, 0.3) is 0 Å². The van der Waals surface area contributed by atoms with Crippen molar-refractivity contribution in [3.05, 3.63) is 58.1 Å². The van der Waals surface area contributed by atoms with Crippen molar-refractivity contribution >= 4 is 29.2 Å². The van der Waals surface area contributed by atoms with E-state index in [9.17, 15) is 9.59 Å². The summed E-state index contributed by atoms with van der Waals surface area (Å²) in [6.07, 6.45) is 0.610. The maximum atomic E-state index is 12.9. The molecule has 10 heteroatoms. The number of amides is 1. The third-order valence-electron chi connectivity index (χ3n) is 6.22. The van der Waals surface area contributed by atoms with Gasteiger partial charge in [-0.2, -0.15) is 0 Å². The molecule has 1 saturated heterocycles. The second-order valence-electron chi connectivity index (χ2n) is 8.61. The molecule has 9 nitrogen and oxygen atoms in total. The third-order valence-corrected chi connectivity index (χ3v) is 6.55. The number of benzene rings is 2. The molecule has 2 atom stereocenters. The predicted octanol–water partition coefficient (Wildman–Crippen LogP) is 2.72. The van der Waals surface area contributed by atoms with E-state index >= 15 is 0 Å². The van der Waals surface area contributed by atoms with Crippen molar-refractivity contribution in [3.63, 3.8) is 0 Å².